The molecule has 6 rings (SSSR count). The fourth-order valence-electron chi connectivity index (χ4n) is 4.42. The number of carbonyl (C=O) groups excluding carboxylic acids is 1. The van der Waals surface area contributed by atoms with Crippen molar-refractivity contribution in [2.45, 2.75) is 0 Å². The van der Waals surface area contributed by atoms with Gasteiger partial charge in [0.15, 0.2) is 0 Å². The normalized spacial score (nSPS) is 10.8. The van der Waals surface area contributed by atoms with E-state index < -0.39 is 5.97 Å². The highest BCUT2D eigenvalue weighted by Gasteiger charge is 2.22. The second kappa shape index (κ2) is 9.22. The molecule has 0 spiro atoms. The Bertz CT molecular complexity index is 1800. The number of methoxy groups -OCH3 is 1. The van der Waals surface area contributed by atoms with Gasteiger partial charge in [0, 0.05) is 32.2 Å². The molecule has 0 radical (unpaired) electrons. The van der Waals surface area contributed by atoms with Crippen molar-refractivity contribution < 1.29 is 13.9 Å². The number of fused-ring (bicyclic) bond motifs is 2. The molecule has 0 saturated carbocycles. The van der Waals surface area contributed by atoms with E-state index in [4.69, 9.17) is 9.15 Å². The van der Waals surface area contributed by atoms with E-state index in [1.807, 2.05) is 66.7 Å². The Morgan fingerprint density at radius 3 is 2.31 bits per heavy atom. The van der Waals surface area contributed by atoms with E-state index in [2.05, 4.69) is 42.2 Å². The minimum atomic E-state index is -0.400. The molecule has 6 aromatic rings. The molecule has 0 saturated heterocycles. The van der Waals surface area contributed by atoms with Crippen molar-refractivity contribution in [1.29, 1.82) is 0 Å². The van der Waals surface area contributed by atoms with Crippen LogP contribution in [0.4, 0.5) is 0 Å². The predicted octanol–water partition coefficient (Wildman–Crippen LogP) is 8.17. The summed E-state index contributed by atoms with van der Waals surface area (Å²) < 4.78 is 12.5. The van der Waals surface area contributed by atoms with Gasteiger partial charge in [-0.2, -0.15) is 0 Å². The Balaban J connectivity index is 1.64. The molecule has 172 valence electrons. The van der Waals surface area contributed by atoms with E-state index in [0.717, 1.165) is 48.4 Å². The average Bonchev–Trinajstić information content (AvgIpc) is 3.50. The van der Waals surface area contributed by atoms with E-state index in [9.17, 15) is 4.79 Å². The maximum absolute atomic E-state index is 12.3. The Kier molecular flexibility index (Phi) is 5.61. The van der Waals surface area contributed by atoms with E-state index in [1.165, 1.54) is 7.11 Å². The van der Waals surface area contributed by atoms with E-state index >= 15 is 0 Å². The monoisotopic (exact) mass is 484 g/mol. The van der Waals surface area contributed by atoms with Gasteiger partial charge >= 0.3 is 5.97 Å². The predicted molar refractivity (Wildman–Crippen MR) is 146 cm³/mol. The van der Waals surface area contributed by atoms with Gasteiger partial charge in [-0.1, -0.05) is 90.7 Å². The molecule has 0 N–H and O–H groups in total. The van der Waals surface area contributed by atoms with Gasteiger partial charge in [0.1, 0.15) is 11.3 Å². The summed E-state index contributed by atoms with van der Waals surface area (Å²) in [5.41, 5.74) is 4.87. The van der Waals surface area contributed by atoms with Crippen LogP contribution in [0.25, 0.3) is 42.8 Å². The number of esters is 1. The second-order valence-corrected chi connectivity index (χ2v) is 9.31. The molecule has 4 aromatic carbocycles. The minimum Gasteiger partial charge on any atom is -0.465 e. The smallest absolute Gasteiger partial charge is 0.339 e. The molecule has 0 amide bonds. The van der Waals surface area contributed by atoms with Crippen molar-refractivity contribution in [3.05, 3.63) is 120 Å². The molecule has 0 atom stereocenters. The standard InChI is InChI=1S/C32H20O3S/c1-34-32(33)23-14-6-5-11-21(23)19-20-25-24-15-8-10-18-28(24)36-31(25)29-26-16-7-9-17-27(26)35-30(29)22-12-3-2-4-13-22/h2-18H,1H3. The van der Waals surface area contributed by atoms with Crippen molar-refractivity contribution >= 4 is 38.4 Å². The number of ether oxygens (including phenoxy) is 1. The summed E-state index contributed by atoms with van der Waals surface area (Å²) in [6.07, 6.45) is 0. The van der Waals surface area contributed by atoms with Gasteiger partial charge in [-0.05, 0) is 24.3 Å². The van der Waals surface area contributed by atoms with Crippen LogP contribution in [0, 0.1) is 11.8 Å². The first-order valence-electron chi connectivity index (χ1n) is 11.5. The number of benzene rings is 4. The van der Waals surface area contributed by atoms with E-state index in [-0.39, 0.29) is 0 Å². The number of hydrogen-bond acceptors (Lipinski definition) is 4. The van der Waals surface area contributed by atoms with Crippen LogP contribution in [0.15, 0.2) is 108 Å². The van der Waals surface area contributed by atoms with E-state index in [0.29, 0.717) is 11.1 Å². The molecule has 2 heterocycles. The summed E-state index contributed by atoms with van der Waals surface area (Å²) in [5.74, 6) is 7.09. The number of furan rings is 1. The van der Waals surface area contributed by atoms with Crippen LogP contribution in [0.1, 0.15) is 21.5 Å². The zero-order valence-electron chi connectivity index (χ0n) is 19.4. The molecule has 0 bridgehead atoms. The fraction of sp³-hybridized carbons (Fsp3) is 0.0312. The summed E-state index contributed by atoms with van der Waals surface area (Å²) in [5, 5.41) is 2.12. The third kappa shape index (κ3) is 3.76. The SMILES string of the molecule is COC(=O)c1ccccc1C#Cc1c(-c2c(-c3ccccc3)oc3ccccc23)sc2ccccc12. The third-order valence-electron chi connectivity index (χ3n) is 6.11. The largest absolute Gasteiger partial charge is 0.465 e. The first kappa shape index (κ1) is 21.9. The average molecular weight is 485 g/mol. The maximum atomic E-state index is 12.3. The van der Waals surface area contributed by atoms with Crippen LogP contribution in [0.5, 0.6) is 0 Å². The minimum absolute atomic E-state index is 0.400. The molecule has 0 fully saturated rings. The van der Waals surface area contributed by atoms with Crippen molar-refractivity contribution in [3.63, 3.8) is 0 Å². The van der Waals surface area contributed by atoms with Crippen LogP contribution in [-0.2, 0) is 4.74 Å². The van der Waals surface area contributed by atoms with Gasteiger partial charge in [0.05, 0.1) is 23.1 Å². The highest BCUT2D eigenvalue weighted by atomic mass is 32.1. The van der Waals surface area contributed by atoms with Crippen molar-refractivity contribution in [2.75, 3.05) is 7.11 Å². The summed E-state index contributed by atoms with van der Waals surface area (Å²) >= 11 is 1.70. The topological polar surface area (TPSA) is 39.4 Å². The summed E-state index contributed by atoms with van der Waals surface area (Å²) in [7, 11) is 1.38. The molecule has 0 aliphatic heterocycles. The first-order valence-corrected chi connectivity index (χ1v) is 12.3. The fourth-order valence-corrected chi connectivity index (χ4v) is 5.63. The first-order chi connectivity index (χ1) is 17.7. The van der Waals surface area contributed by atoms with Crippen LogP contribution in [0.2, 0.25) is 0 Å². The van der Waals surface area contributed by atoms with Crippen molar-refractivity contribution in [2.24, 2.45) is 0 Å². The van der Waals surface area contributed by atoms with Crippen LogP contribution in [-0.4, -0.2) is 13.1 Å². The molecule has 3 nitrogen and oxygen atoms in total. The van der Waals surface area contributed by atoms with Crippen molar-refractivity contribution in [3.8, 4) is 33.6 Å². The maximum Gasteiger partial charge on any atom is 0.339 e. The molecule has 36 heavy (non-hydrogen) atoms. The summed E-state index contributed by atoms with van der Waals surface area (Å²) in [4.78, 5) is 13.4. The number of para-hydroxylation sites is 1. The van der Waals surface area contributed by atoms with Gasteiger partial charge in [-0.3, -0.25) is 0 Å². The van der Waals surface area contributed by atoms with Gasteiger partial charge in [0.25, 0.3) is 0 Å². The Morgan fingerprint density at radius 1 is 0.778 bits per heavy atom. The molecular formula is C32H20O3S. The Labute approximate surface area is 212 Å². The van der Waals surface area contributed by atoms with Crippen LogP contribution >= 0.6 is 11.3 Å². The molecule has 0 unspecified atom stereocenters. The van der Waals surface area contributed by atoms with Gasteiger partial charge < -0.3 is 9.15 Å². The lowest BCUT2D eigenvalue weighted by Crippen LogP contribution is -2.03. The third-order valence-corrected chi connectivity index (χ3v) is 7.30. The lowest BCUT2D eigenvalue weighted by atomic mass is 10.00. The molecule has 4 heteroatoms. The zero-order valence-corrected chi connectivity index (χ0v) is 20.3. The lowest BCUT2D eigenvalue weighted by Gasteiger charge is -2.04. The lowest BCUT2D eigenvalue weighted by molar-refractivity contribution is 0.0600. The van der Waals surface area contributed by atoms with Crippen LogP contribution < -0.4 is 0 Å². The molecule has 2 aromatic heterocycles. The molecular weight excluding hydrogens is 464 g/mol. The van der Waals surface area contributed by atoms with Gasteiger partial charge in [0.2, 0.25) is 0 Å². The highest BCUT2D eigenvalue weighted by Crippen LogP contribution is 2.47. The summed E-state index contributed by atoms with van der Waals surface area (Å²) in [6, 6.07) is 33.8. The molecule has 0 aliphatic rings. The van der Waals surface area contributed by atoms with Gasteiger partial charge in [-0.25, -0.2) is 4.79 Å². The number of hydrogen-bond donors (Lipinski definition) is 0. The second-order valence-electron chi connectivity index (χ2n) is 8.26. The summed E-state index contributed by atoms with van der Waals surface area (Å²) in [6.45, 7) is 0. The Morgan fingerprint density at radius 2 is 1.47 bits per heavy atom. The quantitative estimate of drug-likeness (QED) is 0.188. The Hall–Kier alpha value is -4.59. The van der Waals surface area contributed by atoms with Gasteiger partial charge in [-0.15, -0.1) is 11.3 Å². The number of rotatable bonds is 3. The number of carbonyl (C=O) groups is 1. The number of thiophene rings is 1. The highest BCUT2D eigenvalue weighted by molar-refractivity contribution is 7.22. The van der Waals surface area contributed by atoms with Crippen molar-refractivity contribution in [1.82, 2.24) is 0 Å². The molecule has 0 aliphatic carbocycles. The van der Waals surface area contributed by atoms with Crippen LogP contribution in [0.3, 0.4) is 0 Å². The zero-order chi connectivity index (χ0) is 24.5. The van der Waals surface area contributed by atoms with E-state index in [1.54, 1.807) is 17.4 Å².